The molecule has 0 saturated carbocycles. The van der Waals surface area contributed by atoms with Gasteiger partial charge in [0.25, 0.3) is 0 Å². The maximum absolute atomic E-state index is 6.21. The van der Waals surface area contributed by atoms with Crippen LogP contribution in [0.4, 0.5) is 5.69 Å². The van der Waals surface area contributed by atoms with Crippen molar-refractivity contribution in [3.05, 3.63) is 59.8 Å². The molecule has 2 aromatic carbocycles. The van der Waals surface area contributed by atoms with Crippen LogP contribution in [-0.2, 0) is 0 Å². The molecule has 4 N–H and O–H groups in total. The Morgan fingerprint density at radius 2 is 2.00 bits per heavy atom. The molecule has 1 aliphatic carbocycles. The van der Waals surface area contributed by atoms with Crippen molar-refractivity contribution in [3.8, 4) is 0 Å². The fraction of sp³-hybridized carbons (Fsp3) is 0.188. The number of rotatable bonds is 2. The van der Waals surface area contributed by atoms with Gasteiger partial charge >= 0.3 is 0 Å². The molecule has 0 bridgehead atoms. The number of aromatic nitrogens is 2. The van der Waals surface area contributed by atoms with Gasteiger partial charge in [-0.15, -0.1) is 0 Å². The molecule has 0 amide bonds. The molecule has 2 unspecified atom stereocenters. The summed E-state index contributed by atoms with van der Waals surface area (Å²) >= 11 is 0. The Morgan fingerprint density at radius 1 is 1.15 bits per heavy atom. The number of benzene rings is 2. The van der Waals surface area contributed by atoms with Crippen molar-refractivity contribution in [3.63, 3.8) is 0 Å². The molecule has 0 spiro atoms. The van der Waals surface area contributed by atoms with Gasteiger partial charge in [0, 0.05) is 17.1 Å². The molecule has 4 heteroatoms. The van der Waals surface area contributed by atoms with E-state index in [0.29, 0.717) is 0 Å². The molecule has 4 nitrogen and oxygen atoms in total. The summed E-state index contributed by atoms with van der Waals surface area (Å²) in [7, 11) is 0. The first-order chi connectivity index (χ1) is 9.81. The van der Waals surface area contributed by atoms with Crippen molar-refractivity contribution in [2.75, 3.05) is 5.32 Å². The Balaban J connectivity index is 1.66. The van der Waals surface area contributed by atoms with Crippen LogP contribution in [0.2, 0.25) is 0 Å². The average Bonchev–Trinajstić information content (AvgIpc) is 3.05. The summed E-state index contributed by atoms with van der Waals surface area (Å²) < 4.78 is 0. The first-order valence-corrected chi connectivity index (χ1v) is 6.85. The number of hydrogen-bond donors (Lipinski definition) is 3. The van der Waals surface area contributed by atoms with E-state index in [-0.39, 0.29) is 12.1 Å². The van der Waals surface area contributed by atoms with Crippen LogP contribution >= 0.6 is 0 Å². The number of hydrogen-bond acceptors (Lipinski definition) is 3. The van der Waals surface area contributed by atoms with Crippen molar-refractivity contribution in [1.82, 2.24) is 10.2 Å². The van der Waals surface area contributed by atoms with Crippen LogP contribution in [0.25, 0.3) is 10.9 Å². The lowest BCUT2D eigenvalue weighted by atomic mass is 10.1. The minimum atomic E-state index is 0.126. The van der Waals surface area contributed by atoms with E-state index in [4.69, 9.17) is 5.73 Å². The van der Waals surface area contributed by atoms with E-state index in [2.05, 4.69) is 51.9 Å². The Bertz CT molecular complexity index is 762. The maximum Gasteiger partial charge on any atom is 0.0651 e. The molecule has 20 heavy (non-hydrogen) atoms. The summed E-state index contributed by atoms with van der Waals surface area (Å²) in [6, 6.07) is 15.1. The van der Waals surface area contributed by atoms with Crippen molar-refractivity contribution < 1.29 is 0 Å². The molecule has 4 rings (SSSR count). The van der Waals surface area contributed by atoms with Gasteiger partial charge in [-0.05, 0) is 35.7 Å². The highest BCUT2D eigenvalue weighted by atomic mass is 15.1. The predicted octanol–water partition coefficient (Wildman–Crippen LogP) is 3.12. The lowest BCUT2D eigenvalue weighted by Gasteiger charge is -2.15. The first kappa shape index (κ1) is 11.5. The number of aromatic amines is 1. The predicted molar refractivity (Wildman–Crippen MR) is 80.4 cm³/mol. The van der Waals surface area contributed by atoms with E-state index >= 15 is 0 Å². The van der Waals surface area contributed by atoms with Crippen molar-refractivity contribution in [2.45, 2.75) is 18.5 Å². The van der Waals surface area contributed by atoms with Crippen LogP contribution in [0.1, 0.15) is 29.6 Å². The highest BCUT2D eigenvalue weighted by Gasteiger charge is 2.27. The summed E-state index contributed by atoms with van der Waals surface area (Å²) in [6.45, 7) is 0. The second-order valence-electron chi connectivity index (χ2n) is 5.34. The molecule has 0 saturated heterocycles. The van der Waals surface area contributed by atoms with E-state index in [1.54, 1.807) is 0 Å². The van der Waals surface area contributed by atoms with Gasteiger partial charge in [-0.25, -0.2) is 0 Å². The van der Waals surface area contributed by atoms with Gasteiger partial charge in [0.05, 0.1) is 17.8 Å². The zero-order valence-corrected chi connectivity index (χ0v) is 11.0. The van der Waals surface area contributed by atoms with Gasteiger partial charge < -0.3 is 11.1 Å². The standard InChI is InChI=1S/C16H16N4/c17-14-8-16(13-4-2-1-3-12(13)14)19-11-5-6-15-10(7-11)9-18-20-15/h1-7,9,14,16,19H,8,17H2,(H,18,20). The van der Waals surface area contributed by atoms with Crippen LogP contribution in [0.15, 0.2) is 48.7 Å². The maximum atomic E-state index is 6.21. The van der Waals surface area contributed by atoms with Crippen molar-refractivity contribution in [1.29, 1.82) is 0 Å². The molecule has 3 aromatic rings. The van der Waals surface area contributed by atoms with Gasteiger partial charge in [-0.2, -0.15) is 5.10 Å². The molecule has 0 radical (unpaired) electrons. The van der Waals surface area contributed by atoms with Gasteiger partial charge in [0.1, 0.15) is 0 Å². The number of nitrogens with zero attached hydrogens (tertiary/aromatic N) is 1. The fourth-order valence-corrected chi connectivity index (χ4v) is 3.04. The SMILES string of the molecule is NC1CC(Nc2ccc3[nH]ncc3c2)c2ccccc21. The highest BCUT2D eigenvalue weighted by Crippen LogP contribution is 2.39. The second-order valence-corrected chi connectivity index (χ2v) is 5.34. The van der Waals surface area contributed by atoms with Crippen LogP contribution in [0, 0.1) is 0 Å². The van der Waals surface area contributed by atoms with E-state index in [1.807, 2.05) is 12.3 Å². The van der Waals surface area contributed by atoms with Crippen LogP contribution < -0.4 is 11.1 Å². The zero-order chi connectivity index (χ0) is 13.5. The Kier molecular flexibility index (Phi) is 2.50. The normalized spacial score (nSPS) is 21.1. The van der Waals surface area contributed by atoms with E-state index in [0.717, 1.165) is 23.0 Å². The Morgan fingerprint density at radius 3 is 2.90 bits per heavy atom. The van der Waals surface area contributed by atoms with E-state index in [9.17, 15) is 0 Å². The van der Waals surface area contributed by atoms with Crippen molar-refractivity contribution >= 4 is 16.6 Å². The summed E-state index contributed by atoms with van der Waals surface area (Å²) in [5, 5.41) is 11.7. The summed E-state index contributed by atoms with van der Waals surface area (Å²) in [6.07, 6.45) is 2.78. The third-order valence-electron chi connectivity index (χ3n) is 4.04. The average molecular weight is 264 g/mol. The van der Waals surface area contributed by atoms with E-state index < -0.39 is 0 Å². The first-order valence-electron chi connectivity index (χ1n) is 6.85. The van der Waals surface area contributed by atoms with Crippen molar-refractivity contribution in [2.24, 2.45) is 5.73 Å². The lowest BCUT2D eigenvalue weighted by molar-refractivity contribution is 0.649. The molecule has 0 fully saturated rings. The highest BCUT2D eigenvalue weighted by molar-refractivity contribution is 5.81. The Hall–Kier alpha value is -2.33. The summed E-state index contributed by atoms with van der Waals surface area (Å²) in [5.74, 6) is 0. The molecular weight excluding hydrogens is 248 g/mol. The minimum absolute atomic E-state index is 0.126. The number of anilines is 1. The molecular formula is C16H16N4. The van der Waals surface area contributed by atoms with Crippen LogP contribution in [0.3, 0.4) is 0 Å². The van der Waals surface area contributed by atoms with Crippen LogP contribution in [-0.4, -0.2) is 10.2 Å². The van der Waals surface area contributed by atoms with Gasteiger partial charge in [0.15, 0.2) is 0 Å². The van der Waals surface area contributed by atoms with Gasteiger partial charge in [-0.3, -0.25) is 5.10 Å². The lowest BCUT2D eigenvalue weighted by Crippen LogP contribution is -2.09. The monoisotopic (exact) mass is 264 g/mol. The summed E-state index contributed by atoms with van der Waals surface area (Å²) in [5.41, 5.74) is 10.9. The molecule has 2 atom stereocenters. The van der Waals surface area contributed by atoms with E-state index in [1.165, 1.54) is 11.1 Å². The molecule has 0 aliphatic heterocycles. The second kappa shape index (κ2) is 4.35. The zero-order valence-electron chi connectivity index (χ0n) is 11.0. The van der Waals surface area contributed by atoms with Gasteiger partial charge in [-0.1, -0.05) is 24.3 Å². The molecule has 1 aliphatic rings. The largest absolute Gasteiger partial charge is 0.378 e. The topological polar surface area (TPSA) is 66.7 Å². The quantitative estimate of drug-likeness (QED) is 0.666. The Labute approximate surface area is 117 Å². The van der Waals surface area contributed by atoms with Crippen LogP contribution in [0.5, 0.6) is 0 Å². The number of nitrogens with two attached hydrogens (primary N) is 1. The fourth-order valence-electron chi connectivity index (χ4n) is 3.04. The summed E-state index contributed by atoms with van der Waals surface area (Å²) in [4.78, 5) is 0. The van der Waals surface area contributed by atoms with Gasteiger partial charge in [0.2, 0.25) is 0 Å². The molecule has 1 heterocycles. The number of H-pyrrole nitrogens is 1. The third kappa shape index (κ3) is 1.77. The third-order valence-corrected chi connectivity index (χ3v) is 4.04. The number of nitrogens with one attached hydrogen (secondary N) is 2. The minimum Gasteiger partial charge on any atom is -0.378 e. The molecule has 1 aromatic heterocycles. The number of fused-ring (bicyclic) bond motifs is 2. The smallest absolute Gasteiger partial charge is 0.0651 e. The molecule has 100 valence electrons.